The normalized spacial score (nSPS) is 11.2. The van der Waals surface area contributed by atoms with Crippen molar-refractivity contribution in [2.24, 2.45) is 0 Å². The largest absolute Gasteiger partial charge is 0.573 e. The lowest BCUT2D eigenvalue weighted by Gasteiger charge is -2.15. The molecule has 11 heteroatoms. The zero-order valence-corrected chi connectivity index (χ0v) is 15.1. The van der Waals surface area contributed by atoms with Crippen molar-refractivity contribution in [1.29, 1.82) is 0 Å². The maximum absolute atomic E-state index is 12.8. The number of benzene rings is 1. The number of pyridine rings is 1. The van der Waals surface area contributed by atoms with Gasteiger partial charge in [0, 0.05) is 30.1 Å². The minimum Gasteiger partial charge on any atom is -0.423 e. The number of nitrogens with zero attached hydrogens (tertiary/aromatic N) is 3. The van der Waals surface area contributed by atoms with E-state index in [1.807, 2.05) is 6.92 Å². The highest BCUT2D eigenvalue weighted by Crippen LogP contribution is 2.37. The van der Waals surface area contributed by atoms with E-state index in [-0.39, 0.29) is 22.8 Å². The summed E-state index contributed by atoms with van der Waals surface area (Å²) in [4.78, 5) is 15.8. The minimum absolute atomic E-state index is 0.0111. The molecule has 152 valence electrons. The molecule has 0 radical (unpaired) electrons. The molecule has 1 N–H and O–H groups in total. The van der Waals surface area contributed by atoms with Crippen molar-refractivity contribution in [2.75, 3.05) is 6.54 Å². The first-order valence-electron chi connectivity index (χ1n) is 8.43. The summed E-state index contributed by atoms with van der Waals surface area (Å²) in [6.07, 6.45) is -1.07. The number of hydrogen-bond donors (Lipinski definition) is 1. The molecule has 2 heterocycles. The lowest BCUT2D eigenvalue weighted by Crippen LogP contribution is -2.27. The van der Waals surface area contributed by atoms with Crippen molar-refractivity contribution in [3.63, 3.8) is 0 Å². The van der Waals surface area contributed by atoms with Gasteiger partial charge in [0.1, 0.15) is 11.5 Å². The van der Waals surface area contributed by atoms with Crippen molar-refractivity contribution in [3.05, 3.63) is 43.1 Å². The van der Waals surface area contributed by atoms with Gasteiger partial charge < -0.3 is 19.2 Å². The lowest BCUT2D eigenvalue weighted by molar-refractivity contribution is -0.274. The van der Waals surface area contributed by atoms with Crippen LogP contribution in [0.3, 0.4) is 0 Å². The van der Waals surface area contributed by atoms with Crippen LogP contribution in [0.15, 0.2) is 47.5 Å². The molecule has 0 atom stereocenters. The van der Waals surface area contributed by atoms with Crippen LogP contribution in [0, 0.1) is 0 Å². The van der Waals surface area contributed by atoms with Crippen LogP contribution in [-0.2, 0) is 0 Å². The summed E-state index contributed by atoms with van der Waals surface area (Å²) in [5.41, 5.74) is 0.668. The Bertz CT molecular complexity index is 977. The Morgan fingerprint density at radius 2 is 2.00 bits per heavy atom. The number of nitrogens with one attached hydrogen (secondary N) is 1. The predicted molar refractivity (Wildman–Crippen MR) is 94.0 cm³/mol. The molecule has 2 aromatic heterocycles. The summed E-state index contributed by atoms with van der Waals surface area (Å²) >= 11 is 0. The van der Waals surface area contributed by atoms with Crippen LogP contribution in [0.2, 0.25) is 0 Å². The average molecular weight is 408 g/mol. The van der Waals surface area contributed by atoms with Crippen LogP contribution in [0.25, 0.3) is 22.6 Å². The van der Waals surface area contributed by atoms with Gasteiger partial charge in [0.2, 0.25) is 12.3 Å². The molecule has 1 aromatic carbocycles. The third-order valence-corrected chi connectivity index (χ3v) is 3.56. The Morgan fingerprint density at radius 1 is 1.21 bits per heavy atom. The second-order valence-electron chi connectivity index (χ2n) is 5.73. The molecule has 1 amide bonds. The number of alkyl halides is 3. The van der Waals surface area contributed by atoms with Gasteiger partial charge >= 0.3 is 12.5 Å². The summed E-state index contributed by atoms with van der Waals surface area (Å²) in [7, 11) is 0. The van der Waals surface area contributed by atoms with Crippen LogP contribution >= 0.6 is 0 Å². The van der Waals surface area contributed by atoms with E-state index in [4.69, 9.17) is 9.15 Å². The van der Waals surface area contributed by atoms with Gasteiger partial charge in [0.05, 0.1) is 5.56 Å². The van der Waals surface area contributed by atoms with E-state index in [0.717, 1.165) is 12.5 Å². The van der Waals surface area contributed by atoms with E-state index in [2.05, 4.69) is 25.2 Å². The van der Waals surface area contributed by atoms with Crippen LogP contribution < -0.4 is 14.8 Å². The Labute approximate surface area is 162 Å². The van der Waals surface area contributed by atoms with Gasteiger partial charge in [-0.05, 0) is 30.7 Å². The van der Waals surface area contributed by atoms with Gasteiger partial charge in [-0.2, -0.15) is 0 Å². The van der Waals surface area contributed by atoms with Crippen molar-refractivity contribution < 1.29 is 31.9 Å². The quantitative estimate of drug-likeness (QED) is 0.653. The number of rotatable bonds is 6. The van der Waals surface area contributed by atoms with E-state index in [1.54, 1.807) is 0 Å². The number of amides is 1. The van der Waals surface area contributed by atoms with Crippen LogP contribution in [0.5, 0.6) is 11.5 Å². The van der Waals surface area contributed by atoms with Crippen molar-refractivity contribution in [1.82, 2.24) is 20.5 Å². The fourth-order valence-corrected chi connectivity index (χ4v) is 2.39. The summed E-state index contributed by atoms with van der Waals surface area (Å²) in [5.74, 6) is -0.307. The van der Waals surface area contributed by atoms with E-state index in [0.29, 0.717) is 18.5 Å². The highest BCUT2D eigenvalue weighted by Gasteiger charge is 2.32. The standard InChI is InChI=1S/C18H15F3N4O4/c1-2-5-23-17(26)28-13-3-4-15(29-18(19,20)21)14(7-13)11-6-12(9-22-8-11)16-25-24-10-27-16/h3-4,6-10H,2,5H2,1H3,(H,23,26). The monoisotopic (exact) mass is 408 g/mol. The maximum Gasteiger partial charge on any atom is 0.573 e. The summed E-state index contributed by atoms with van der Waals surface area (Å²) in [6, 6.07) is 5.01. The second-order valence-corrected chi connectivity index (χ2v) is 5.73. The van der Waals surface area contributed by atoms with Gasteiger partial charge in [-0.15, -0.1) is 23.4 Å². The Balaban J connectivity index is 1.98. The van der Waals surface area contributed by atoms with Crippen molar-refractivity contribution >= 4 is 6.09 Å². The van der Waals surface area contributed by atoms with Gasteiger partial charge in [-0.3, -0.25) is 4.98 Å². The molecule has 0 aliphatic heterocycles. The van der Waals surface area contributed by atoms with Crippen molar-refractivity contribution in [3.8, 4) is 34.1 Å². The molecule has 3 aromatic rings. The summed E-state index contributed by atoms with van der Waals surface area (Å²) in [5, 5.41) is 9.81. The Kier molecular flexibility index (Phi) is 5.96. The van der Waals surface area contributed by atoms with Crippen LogP contribution in [0.4, 0.5) is 18.0 Å². The first-order chi connectivity index (χ1) is 13.9. The highest BCUT2D eigenvalue weighted by atomic mass is 19.4. The molecule has 29 heavy (non-hydrogen) atoms. The van der Waals surface area contributed by atoms with Crippen LogP contribution in [0.1, 0.15) is 13.3 Å². The van der Waals surface area contributed by atoms with Crippen molar-refractivity contribution in [2.45, 2.75) is 19.7 Å². The molecule has 3 rings (SSSR count). The second kappa shape index (κ2) is 8.59. The molecule has 0 spiro atoms. The number of aromatic nitrogens is 3. The molecule has 0 aliphatic rings. The molecule has 0 saturated heterocycles. The zero-order valence-electron chi connectivity index (χ0n) is 15.1. The number of ether oxygens (including phenoxy) is 2. The molecule has 0 bridgehead atoms. The van der Waals surface area contributed by atoms with E-state index < -0.39 is 18.2 Å². The lowest BCUT2D eigenvalue weighted by atomic mass is 10.0. The maximum atomic E-state index is 12.8. The third kappa shape index (κ3) is 5.43. The van der Waals surface area contributed by atoms with Gasteiger partial charge in [0.15, 0.2) is 0 Å². The van der Waals surface area contributed by atoms with E-state index in [1.165, 1.54) is 30.6 Å². The molecule has 0 aliphatic carbocycles. The summed E-state index contributed by atoms with van der Waals surface area (Å²) < 4.78 is 52.8. The first-order valence-corrected chi connectivity index (χ1v) is 8.43. The topological polar surface area (TPSA) is 99.4 Å². The number of halogens is 3. The predicted octanol–water partition coefficient (Wildman–Crippen LogP) is 4.20. The van der Waals surface area contributed by atoms with E-state index >= 15 is 0 Å². The molecule has 8 nitrogen and oxygen atoms in total. The summed E-state index contributed by atoms with van der Waals surface area (Å²) in [6.45, 7) is 2.27. The SMILES string of the molecule is CCCNC(=O)Oc1ccc(OC(F)(F)F)c(-c2cncc(-c3nnco3)c2)c1. The van der Waals surface area contributed by atoms with Gasteiger partial charge in [0.25, 0.3) is 0 Å². The minimum atomic E-state index is -4.91. The zero-order chi connectivity index (χ0) is 20.9. The number of carbonyl (C=O) groups excluding carboxylic acids is 1. The first kappa shape index (κ1) is 20.1. The third-order valence-electron chi connectivity index (χ3n) is 3.56. The molecule has 0 unspecified atom stereocenters. The number of hydrogen-bond acceptors (Lipinski definition) is 7. The average Bonchev–Trinajstić information content (AvgIpc) is 3.21. The van der Waals surface area contributed by atoms with Gasteiger partial charge in [-0.25, -0.2) is 4.79 Å². The smallest absolute Gasteiger partial charge is 0.423 e. The fraction of sp³-hybridized carbons (Fsp3) is 0.222. The molecule has 0 saturated carbocycles. The fourth-order valence-electron chi connectivity index (χ4n) is 2.39. The Hall–Kier alpha value is -3.63. The van der Waals surface area contributed by atoms with Gasteiger partial charge in [-0.1, -0.05) is 6.92 Å². The molecular formula is C18H15F3N4O4. The van der Waals surface area contributed by atoms with E-state index in [9.17, 15) is 18.0 Å². The molecular weight excluding hydrogens is 393 g/mol. The highest BCUT2D eigenvalue weighted by molar-refractivity contribution is 5.76. The number of carbonyl (C=O) groups is 1. The Morgan fingerprint density at radius 3 is 2.69 bits per heavy atom. The molecule has 0 fully saturated rings. The van der Waals surface area contributed by atoms with Crippen LogP contribution in [-0.4, -0.2) is 34.2 Å².